The second-order valence-electron chi connectivity index (χ2n) is 6.36. The van der Waals surface area contributed by atoms with Crippen molar-refractivity contribution in [3.05, 3.63) is 18.0 Å². The molecule has 1 heterocycles. The second-order valence-corrected chi connectivity index (χ2v) is 6.36. The first-order valence-electron chi connectivity index (χ1n) is 7.65. The van der Waals surface area contributed by atoms with Crippen LogP contribution < -0.4 is 11.1 Å². The first-order valence-corrected chi connectivity index (χ1v) is 7.65. The van der Waals surface area contributed by atoms with Gasteiger partial charge in [0, 0.05) is 25.2 Å². The Bertz CT molecular complexity index is 470. The largest absolute Gasteiger partial charge is 0.350 e. The zero-order valence-corrected chi connectivity index (χ0v) is 12.1. The van der Waals surface area contributed by atoms with E-state index in [-0.39, 0.29) is 11.8 Å². The summed E-state index contributed by atoms with van der Waals surface area (Å²) >= 11 is 0. The van der Waals surface area contributed by atoms with Crippen molar-refractivity contribution in [3.8, 4) is 0 Å². The molecule has 1 aromatic rings. The SMILES string of the molecule is Cn1nccc1CNC(=O)C1CC2CCCC(C1)C2N. The van der Waals surface area contributed by atoms with Gasteiger partial charge in [0.1, 0.15) is 0 Å². The van der Waals surface area contributed by atoms with E-state index >= 15 is 0 Å². The average molecular weight is 276 g/mol. The van der Waals surface area contributed by atoms with Gasteiger partial charge < -0.3 is 11.1 Å². The van der Waals surface area contributed by atoms with E-state index in [1.54, 1.807) is 10.9 Å². The zero-order chi connectivity index (χ0) is 14.1. The number of amides is 1. The highest BCUT2D eigenvalue weighted by atomic mass is 16.1. The number of fused-ring (bicyclic) bond motifs is 2. The van der Waals surface area contributed by atoms with Crippen LogP contribution in [0.5, 0.6) is 0 Å². The fourth-order valence-corrected chi connectivity index (χ4v) is 3.90. The van der Waals surface area contributed by atoms with Crippen LogP contribution in [-0.2, 0) is 18.4 Å². The van der Waals surface area contributed by atoms with Crippen LogP contribution in [0.3, 0.4) is 0 Å². The summed E-state index contributed by atoms with van der Waals surface area (Å²) in [6.07, 6.45) is 7.37. The predicted molar refractivity (Wildman–Crippen MR) is 76.6 cm³/mol. The van der Waals surface area contributed by atoms with Crippen LogP contribution in [0.1, 0.15) is 37.8 Å². The van der Waals surface area contributed by atoms with Gasteiger partial charge in [0.15, 0.2) is 0 Å². The minimum Gasteiger partial charge on any atom is -0.350 e. The van der Waals surface area contributed by atoms with Crippen molar-refractivity contribution in [2.24, 2.45) is 30.5 Å². The van der Waals surface area contributed by atoms with Crippen molar-refractivity contribution in [2.45, 2.75) is 44.7 Å². The van der Waals surface area contributed by atoms with E-state index in [9.17, 15) is 4.79 Å². The third-order valence-corrected chi connectivity index (χ3v) is 5.15. The minimum absolute atomic E-state index is 0.151. The highest BCUT2D eigenvalue weighted by molar-refractivity contribution is 5.78. The van der Waals surface area contributed by atoms with E-state index in [1.165, 1.54) is 19.3 Å². The summed E-state index contributed by atoms with van der Waals surface area (Å²) in [5.41, 5.74) is 7.31. The molecule has 0 aromatic carbocycles. The standard InChI is InChI=1S/C15H24N4O/c1-19-13(5-6-18-19)9-17-15(20)12-7-10-3-2-4-11(8-12)14(10)16/h5-6,10-12,14H,2-4,7-9,16H2,1H3,(H,17,20). The third kappa shape index (κ3) is 2.59. The highest BCUT2D eigenvalue weighted by Crippen LogP contribution is 2.41. The average Bonchev–Trinajstić information content (AvgIpc) is 2.81. The van der Waals surface area contributed by atoms with E-state index < -0.39 is 0 Å². The molecule has 2 fully saturated rings. The number of carbonyl (C=O) groups is 1. The topological polar surface area (TPSA) is 72.9 Å². The van der Waals surface area contributed by atoms with Crippen LogP contribution in [0.2, 0.25) is 0 Å². The summed E-state index contributed by atoms with van der Waals surface area (Å²) in [6.45, 7) is 0.563. The van der Waals surface area contributed by atoms with Crippen LogP contribution in [0.15, 0.2) is 12.3 Å². The van der Waals surface area contributed by atoms with Crippen molar-refractivity contribution < 1.29 is 4.79 Å². The van der Waals surface area contributed by atoms with Gasteiger partial charge in [0.05, 0.1) is 12.2 Å². The number of hydrogen-bond acceptors (Lipinski definition) is 3. The Balaban J connectivity index is 1.57. The van der Waals surface area contributed by atoms with E-state index in [0.717, 1.165) is 18.5 Å². The molecule has 1 amide bonds. The predicted octanol–water partition coefficient (Wildman–Crippen LogP) is 1.19. The molecule has 0 aliphatic heterocycles. The quantitative estimate of drug-likeness (QED) is 0.871. The Morgan fingerprint density at radius 2 is 2.15 bits per heavy atom. The molecule has 0 radical (unpaired) electrons. The normalized spacial score (nSPS) is 32.9. The number of nitrogens with one attached hydrogen (secondary N) is 1. The number of carbonyl (C=O) groups excluding carboxylic acids is 1. The maximum absolute atomic E-state index is 12.4. The molecule has 1 aromatic heterocycles. The third-order valence-electron chi connectivity index (χ3n) is 5.15. The molecule has 2 atom stereocenters. The van der Waals surface area contributed by atoms with Gasteiger partial charge in [-0.15, -0.1) is 0 Å². The molecule has 5 nitrogen and oxygen atoms in total. The van der Waals surface area contributed by atoms with E-state index in [2.05, 4.69) is 10.4 Å². The molecular formula is C15H24N4O. The zero-order valence-electron chi connectivity index (χ0n) is 12.1. The lowest BCUT2D eigenvalue weighted by Gasteiger charge is -2.43. The summed E-state index contributed by atoms with van der Waals surface area (Å²) in [5, 5.41) is 7.17. The van der Waals surface area contributed by atoms with Crippen molar-refractivity contribution >= 4 is 5.91 Å². The molecule has 3 N–H and O–H groups in total. The number of rotatable bonds is 3. The van der Waals surface area contributed by atoms with Gasteiger partial charge in [-0.05, 0) is 43.6 Å². The maximum atomic E-state index is 12.4. The molecule has 110 valence electrons. The summed E-state index contributed by atoms with van der Waals surface area (Å²) in [6, 6.07) is 2.26. The molecule has 2 unspecified atom stereocenters. The first-order chi connectivity index (χ1) is 9.65. The van der Waals surface area contributed by atoms with Crippen molar-refractivity contribution in [1.82, 2.24) is 15.1 Å². The summed E-state index contributed by atoms with van der Waals surface area (Å²) in [5.74, 6) is 1.44. The number of nitrogens with two attached hydrogens (primary N) is 1. The molecule has 3 rings (SSSR count). The molecule has 0 saturated heterocycles. The summed E-state index contributed by atoms with van der Waals surface area (Å²) in [7, 11) is 1.89. The molecule has 0 spiro atoms. The monoisotopic (exact) mass is 276 g/mol. The first kappa shape index (κ1) is 13.6. The minimum atomic E-state index is 0.151. The van der Waals surface area contributed by atoms with Gasteiger partial charge in [-0.2, -0.15) is 5.10 Å². The van der Waals surface area contributed by atoms with E-state index in [4.69, 9.17) is 5.73 Å². The van der Waals surface area contributed by atoms with E-state index in [0.29, 0.717) is 24.4 Å². The maximum Gasteiger partial charge on any atom is 0.223 e. The molecule has 2 aliphatic carbocycles. The lowest BCUT2D eigenvalue weighted by Crippen LogP contribution is -2.49. The molecule has 2 saturated carbocycles. The second kappa shape index (κ2) is 5.56. The fraction of sp³-hybridized carbons (Fsp3) is 0.733. The number of hydrogen-bond donors (Lipinski definition) is 2. The lowest BCUT2D eigenvalue weighted by molar-refractivity contribution is -0.128. The lowest BCUT2D eigenvalue weighted by atomic mass is 9.65. The molecular weight excluding hydrogens is 252 g/mol. The van der Waals surface area contributed by atoms with Crippen molar-refractivity contribution in [2.75, 3.05) is 0 Å². The number of aryl methyl sites for hydroxylation is 1. The Morgan fingerprint density at radius 3 is 2.75 bits per heavy atom. The molecule has 2 aliphatic rings. The molecule has 5 heteroatoms. The van der Waals surface area contributed by atoms with E-state index in [1.807, 2.05) is 13.1 Å². The summed E-state index contributed by atoms with van der Waals surface area (Å²) < 4.78 is 1.80. The van der Waals surface area contributed by atoms with Crippen LogP contribution in [0.25, 0.3) is 0 Å². The van der Waals surface area contributed by atoms with Crippen LogP contribution in [0, 0.1) is 17.8 Å². The Hall–Kier alpha value is -1.36. The van der Waals surface area contributed by atoms with Gasteiger partial charge in [0.2, 0.25) is 5.91 Å². The van der Waals surface area contributed by atoms with Gasteiger partial charge >= 0.3 is 0 Å². The van der Waals surface area contributed by atoms with Gasteiger partial charge in [-0.1, -0.05) is 6.42 Å². The van der Waals surface area contributed by atoms with Crippen molar-refractivity contribution in [3.63, 3.8) is 0 Å². The molecule has 20 heavy (non-hydrogen) atoms. The Morgan fingerprint density at radius 1 is 1.45 bits per heavy atom. The smallest absolute Gasteiger partial charge is 0.223 e. The highest BCUT2D eigenvalue weighted by Gasteiger charge is 2.40. The fourth-order valence-electron chi connectivity index (χ4n) is 3.90. The van der Waals surface area contributed by atoms with Crippen LogP contribution >= 0.6 is 0 Å². The van der Waals surface area contributed by atoms with Gasteiger partial charge in [-0.3, -0.25) is 9.48 Å². The van der Waals surface area contributed by atoms with Crippen molar-refractivity contribution in [1.29, 1.82) is 0 Å². The summed E-state index contributed by atoms with van der Waals surface area (Å²) in [4.78, 5) is 12.4. The number of aromatic nitrogens is 2. The Labute approximate surface area is 119 Å². The Kier molecular flexibility index (Phi) is 3.78. The number of nitrogens with zero attached hydrogens (tertiary/aromatic N) is 2. The van der Waals surface area contributed by atoms with Crippen LogP contribution in [0.4, 0.5) is 0 Å². The van der Waals surface area contributed by atoms with Crippen LogP contribution in [-0.4, -0.2) is 21.7 Å². The van der Waals surface area contributed by atoms with Gasteiger partial charge in [0.25, 0.3) is 0 Å². The molecule has 2 bridgehead atoms. The van der Waals surface area contributed by atoms with Gasteiger partial charge in [-0.25, -0.2) is 0 Å².